The summed E-state index contributed by atoms with van der Waals surface area (Å²) < 4.78 is 0. The van der Waals surface area contributed by atoms with Crippen molar-refractivity contribution in [3.8, 4) is 0 Å². The summed E-state index contributed by atoms with van der Waals surface area (Å²) in [5.74, 6) is 0.190. The molecule has 2 fully saturated rings. The van der Waals surface area contributed by atoms with E-state index in [2.05, 4.69) is 36.6 Å². The van der Waals surface area contributed by atoms with Crippen LogP contribution in [0.5, 0.6) is 0 Å². The van der Waals surface area contributed by atoms with Crippen molar-refractivity contribution in [3.05, 3.63) is 35.9 Å². The van der Waals surface area contributed by atoms with E-state index in [1.54, 1.807) is 0 Å². The van der Waals surface area contributed by atoms with Crippen molar-refractivity contribution >= 4 is 18.3 Å². The molecule has 0 spiro atoms. The van der Waals surface area contributed by atoms with Crippen molar-refractivity contribution in [1.29, 1.82) is 0 Å². The van der Waals surface area contributed by atoms with Crippen LogP contribution in [0.4, 0.5) is 0 Å². The summed E-state index contributed by atoms with van der Waals surface area (Å²) in [6.07, 6.45) is 5.28. The van der Waals surface area contributed by atoms with Crippen LogP contribution >= 0.6 is 12.4 Å². The number of carbonyl (C=O) groups excluding carboxylic acids is 1. The summed E-state index contributed by atoms with van der Waals surface area (Å²) in [4.78, 5) is 12.4. The molecule has 1 aromatic carbocycles. The van der Waals surface area contributed by atoms with E-state index in [-0.39, 0.29) is 23.7 Å². The predicted molar refractivity (Wildman–Crippen MR) is 92.4 cm³/mol. The first kappa shape index (κ1) is 17.3. The van der Waals surface area contributed by atoms with Crippen LogP contribution in [0, 0.1) is 0 Å². The summed E-state index contributed by atoms with van der Waals surface area (Å²) in [7, 11) is 0. The molecular weight excluding hydrogens is 296 g/mol. The van der Waals surface area contributed by atoms with Gasteiger partial charge >= 0.3 is 0 Å². The van der Waals surface area contributed by atoms with Crippen LogP contribution in [0.2, 0.25) is 0 Å². The number of amides is 1. The van der Waals surface area contributed by atoms with E-state index in [9.17, 15) is 4.79 Å². The minimum Gasteiger partial charge on any atom is -0.353 e. The molecule has 3 rings (SSSR count). The summed E-state index contributed by atoms with van der Waals surface area (Å²) in [6.45, 7) is 4.29. The molecule has 0 aliphatic carbocycles. The van der Waals surface area contributed by atoms with Gasteiger partial charge in [0.05, 0.1) is 0 Å². The molecule has 2 bridgehead atoms. The normalized spacial score (nSPS) is 27.1. The third kappa shape index (κ3) is 4.02. The smallest absolute Gasteiger partial charge is 0.221 e. The van der Waals surface area contributed by atoms with Crippen molar-refractivity contribution in [1.82, 2.24) is 10.6 Å². The largest absolute Gasteiger partial charge is 0.353 e. The highest BCUT2D eigenvalue weighted by Crippen LogP contribution is 2.29. The molecule has 0 aromatic heterocycles. The molecule has 0 saturated carbocycles. The molecule has 2 atom stereocenters. The van der Waals surface area contributed by atoms with Gasteiger partial charge in [0.25, 0.3) is 0 Å². The lowest BCUT2D eigenvalue weighted by Crippen LogP contribution is -2.48. The molecule has 2 saturated heterocycles. The van der Waals surface area contributed by atoms with Gasteiger partial charge in [-0.2, -0.15) is 0 Å². The first-order chi connectivity index (χ1) is 10.0. The van der Waals surface area contributed by atoms with Crippen LogP contribution in [0.15, 0.2) is 30.3 Å². The van der Waals surface area contributed by atoms with Crippen molar-refractivity contribution in [2.75, 3.05) is 0 Å². The molecule has 4 heteroatoms. The van der Waals surface area contributed by atoms with Crippen molar-refractivity contribution in [2.45, 2.75) is 69.5 Å². The van der Waals surface area contributed by atoms with Gasteiger partial charge in [0.15, 0.2) is 0 Å². The molecular formula is C18H27ClN2O. The zero-order chi connectivity index (χ0) is 14.9. The third-order valence-electron chi connectivity index (χ3n) is 5.00. The lowest BCUT2D eigenvalue weighted by atomic mass is 9.81. The number of benzene rings is 1. The van der Waals surface area contributed by atoms with Gasteiger partial charge in [0.2, 0.25) is 5.91 Å². The Balaban J connectivity index is 0.00000176. The quantitative estimate of drug-likeness (QED) is 0.894. The fraction of sp³-hybridized carbons (Fsp3) is 0.611. The molecule has 2 N–H and O–H groups in total. The van der Waals surface area contributed by atoms with Crippen molar-refractivity contribution in [3.63, 3.8) is 0 Å². The van der Waals surface area contributed by atoms with E-state index in [1.807, 2.05) is 18.2 Å². The number of hydrogen-bond acceptors (Lipinski definition) is 2. The SMILES string of the molecule is CC(C)(CC(=O)NC1CC2CCC(C1)N2)c1ccccc1.Cl. The third-order valence-corrected chi connectivity index (χ3v) is 5.00. The van der Waals surface area contributed by atoms with Gasteiger partial charge in [-0.1, -0.05) is 44.2 Å². The molecule has 2 unspecified atom stereocenters. The first-order valence-corrected chi connectivity index (χ1v) is 8.14. The Morgan fingerprint density at radius 2 is 1.77 bits per heavy atom. The Morgan fingerprint density at radius 3 is 2.36 bits per heavy atom. The number of nitrogens with one attached hydrogen (secondary N) is 2. The minimum absolute atomic E-state index is 0. The Morgan fingerprint density at radius 1 is 1.18 bits per heavy atom. The molecule has 122 valence electrons. The molecule has 0 radical (unpaired) electrons. The number of piperidine rings is 1. The van der Waals surface area contributed by atoms with Crippen LogP contribution in [0.25, 0.3) is 0 Å². The second-order valence-corrected chi connectivity index (χ2v) is 7.30. The summed E-state index contributed by atoms with van der Waals surface area (Å²) in [5.41, 5.74) is 1.11. The Hall–Kier alpha value is -1.06. The average molecular weight is 323 g/mol. The van der Waals surface area contributed by atoms with Crippen molar-refractivity contribution in [2.24, 2.45) is 0 Å². The fourth-order valence-electron chi connectivity index (χ4n) is 3.85. The maximum absolute atomic E-state index is 12.4. The second kappa shape index (κ2) is 7.01. The summed E-state index contributed by atoms with van der Waals surface area (Å²) in [6, 6.07) is 11.9. The zero-order valence-corrected chi connectivity index (χ0v) is 14.3. The van der Waals surface area contributed by atoms with Gasteiger partial charge in [-0.15, -0.1) is 12.4 Å². The van der Waals surface area contributed by atoms with E-state index < -0.39 is 0 Å². The maximum Gasteiger partial charge on any atom is 0.221 e. The number of fused-ring (bicyclic) bond motifs is 2. The highest BCUT2D eigenvalue weighted by Gasteiger charge is 2.34. The lowest BCUT2D eigenvalue weighted by Gasteiger charge is -2.31. The summed E-state index contributed by atoms with van der Waals surface area (Å²) in [5, 5.41) is 6.88. The van der Waals surface area contributed by atoms with Crippen LogP contribution in [0.1, 0.15) is 51.5 Å². The van der Waals surface area contributed by atoms with Gasteiger partial charge in [-0.05, 0) is 36.7 Å². The summed E-state index contributed by atoms with van der Waals surface area (Å²) >= 11 is 0. The number of carbonyl (C=O) groups is 1. The van der Waals surface area contributed by atoms with Crippen molar-refractivity contribution < 1.29 is 4.79 Å². The zero-order valence-electron chi connectivity index (χ0n) is 13.5. The molecule has 1 aromatic rings. The van der Waals surface area contributed by atoms with Crippen LogP contribution in [-0.4, -0.2) is 24.0 Å². The number of rotatable bonds is 4. The Bertz CT molecular complexity index is 491. The monoisotopic (exact) mass is 322 g/mol. The van der Waals surface area contributed by atoms with Crippen LogP contribution in [0.3, 0.4) is 0 Å². The molecule has 22 heavy (non-hydrogen) atoms. The lowest BCUT2D eigenvalue weighted by molar-refractivity contribution is -0.123. The Kier molecular flexibility index (Phi) is 5.51. The van der Waals surface area contributed by atoms with Gasteiger partial charge < -0.3 is 10.6 Å². The standard InChI is InChI=1S/C18H26N2O.ClH/c1-18(2,13-6-4-3-5-7-13)12-17(21)20-16-10-14-8-9-15(11-16)19-14;/h3-7,14-16,19H,8-12H2,1-2H3,(H,20,21);1H. The topological polar surface area (TPSA) is 41.1 Å². The molecule has 1 amide bonds. The average Bonchev–Trinajstić information content (AvgIpc) is 2.78. The van der Waals surface area contributed by atoms with E-state index >= 15 is 0 Å². The predicted octanol–water partition coefficient (Wildman–Crippen LogP) is 3.18. The van der Waals surface area contributed by atoms with E-state index in [4.69, 9.17) is 0 Å². The van der Waals surface area contributed by atoms with Gasteiger partial charge in [0, 0.05) is 24.5 Å². The highest BCUT2D eigenvalue weighted by molar-refractivity contribution is 5.85. The maximum atomic E-state index is 12.4. The van der Waals surface area contributed by atoms with Crippen LogP contribution in [-0.2, 0) is 10.2 Å². The van der Waals surface area contributed by atoms with Gasteiger partial charge in [0.1, 0.15) is 0 Å². The highest BCUT2D eigenvalue weighted by atomic mass is 35.5. The van der Waals surface area contributed by atoms with Crippen LogP contribution < -0.4 is 10.6 Å². The molecule has 2 aliphatic heterocycles. The number of hydrogen-bond donors (Lipinski definition) is 2. The van der Waals surface area contributed by atoms with E-state index in [0.717, 1.165) is 12.8 Å². The number of halogens is 1. The second-order valence-electron chi connectivity index (χ2n) is 7.30. The molecule has 2 aliphatic rings. The van der Waals surface area contributed by atoms with E-state index in [1.165, 1.54) is 18.4 Å². The van der Waals surface area contributed by atoms with E-state index in [0.29, 0.717) is 24.5 Å². The van der Waals surface area contributed by atoms with Gasteiger partial charge in [-0.25, -0.2) is 0 Å². The Labute approximate surface area is 139 Å². The fourth-order valence-corrected chi connectivity index (χ4v) is 3.85. The van der Waals surface area contributed by atoms with Gasteiger partial charge in [-0.3, -0.25) is 4.79 Å². The minimum atomic E-state index is -0.114. The first-order valence-electron chi connectivity index (χ1n) is 8.14. The molecule has 3 nitrogen and oxygen atoms in total. The molecule has 2 heterocycles.